The number of ether oxygens (including phenoxy) is 1. The highest BCUT2D eigenvalue weighted by Gasteiger charge is 2.18. The van der Waals surface area contributed by atoms with Crippen molar-refractivity contribution in [1.82, 2.24) is 30.4 Å². The van der Waals surface area contributed by atoms with Gasteiger partial charge in [0.2, 0.25) is 0 Å². The zero-order chi connectivity index (χ0) is 33.2. The molecule has 5 rings (SSSR count). The Morgan fingerprint density at radius 2 is 1.94 bits per heavy atom. The van der Waals surface area contributed by atoms with E-state index in [-0.39, 0.29) is 18.1 Å². The van der Waals surface area contributed by atoms with E-state index in [4.69, 9.17) is 4.74 Å². The van der Waals surface area contributed by atoms with Crippen molar-refractivity contribution in [2.45, 2.75) is 26.3 Å². The van der Waals surface area contributed by atoms with Crippen molar-refractivity contribution in [3.8, 4) is 17.6 Å². The Morgan fingerprint density at radius 1 is 1.09 bits per heavy atom. The summed E-state index contributed by atoms with van der Waals surface area (Å²) in [5, 5.41) is 29.2. The van der Waals surface area contributed by atoms with Crippen molar-refractivity contribution in [2.75, 3.05) is 51.0 Å². The summed E-state index contributed by atoms with van der Waals surface area (Å²) in [6, 6.07) is 14.4. The number of aromatic carboxylic acids is 1. The van der Waals surface area contributed by atoms with Gasteiger partial charge in [0.25, 0.3) is 0 Å². The van der Waals surface area contributed by atoms with Gasteiger partial charge in [-0.2, -0.15) is 5.10 Å². The van der Waals surface area contributed by atoms with Gasteiger partial charge < -0.3 is 30.7 Å². The van der Waals surface area contributed by atoms with Gasteiger partial charge >= 0.3 is 5.97 Å². The molecule has 0 saturated carbocycles. The summed E-state index contributed by atoms with van der Waals surface area (Å²) in [5.74, 6) is 5.07. The fourth-order valence-electron chi connectivity index (χ4n) is 4.42. The van der Waals surface area contributed by atoms with E-state index in [1.54, 1.807) is 23.5 Å². The number of anilines is 3. The summed E-state index contributed by atoms with van der Waals surface area (Å²) in [5.41, 5.74) is 3.04. The van der Waals surface area contributed by atoms with Crippen LogP contribution in [0.3, 0.4) is 0 Å². The number of nitrogens with zero attached hydrogens (tertiary/aromatic N) is 5. The van der Waals surface area contributed by atoms with Crippen LogP contribution >= 0.6 is 22.7 Å². The maximum Gasteiger partial charge on any atom is 0.355 e. The van der Waals surface area contributed by atoms with Crippen molar-refractivity contribution in [2.24, 2.45) is 0 Å². The van der Waals surface area contributed by atoms with E-state index in [1.165, 1.54) is 17.4 Å². The summed E-state index contributed by atoms with van der Waals surface area (Å²) in [6.07, 6.45) is 0.896. The Labute approximate surface area is 280 Å². The number of aryl methyl sites for hydroxylation is 2. The Bertz CT molecular complexity index is 1870. The molecule has 244 valence electrons. The molecule has 2 aromatic carbocycles. The SMILES string of the molecule is Cc1cc(CNc2nc(C(=O)O)c(CCCOc3ccc(C#CCNCCN(C)C)cc3F)s2)nnc1Nc1nc2ccccc2s1. The van der Waals surface area contributed by atoms with Crippen LogP contribution in [0.25, 0.3) is 10.2 Å². The molecule has 0 amide bonds. The standard InChI is InChI=1S/C33H35FN8O3S2/c1-21-18-23(40-41-30(21)39-33-37-25-9-4-5-10-27(25)46-33)20-36-32-38-29(31(43)44)28(47-32)11-7-17-45-26-13-12-22(19-24(26)34)8-6-14-35-15-16-42(2)3/h4-5,9-10,12-13,18-19,35H,7,11,14-17,20H2,1-3H3,(H,36,38)(H,43,44)(H,37,39,41). The second-order valence-corrected chi connectivity index (χ2v) is 12.9. The molecule has 3 heterocycles. The lowest BCUT2D eigenvalue weighted by atomic mass is 10.2. The summed E-state index contributed by atoms with van der Waals surface area (Å²) in [6.45, 7) is 4.72. The van der Waals surface area contributed by atoms with E-state index < -0.39 is 11.8 Å². The lowest BCUT2D eigenvalue weighted by Crippen LogP contribution is -2.26. The predicted octanol–water partition coefficient (Wildman–Crippen LogP) is 5.56. The number of carboxylic acids is 1. The lowest BCUT2D eigenvalue weighted by Gasteiger charge is -2.08. The third-order valence-corrected chi connectivity index (χ3v) is 8.82. The van der Waals surface area contributed by atoms with Gasteiger partial charge in [-0.15, -0.1) is 16.4 Å². The Hall–Kier alpha value is -4.68. The van der Waals surface area contributed by atoms with Gasteiger partial charge in [-0.3, -0.25) is 0 Å². The van der Waals surface area contributed by atoms with Gasteiger partial charge in [0.05, 0.1) is 35.6 Å². The van der Waals surface area contributed by atoms with E-state index >= 15 is 0 Å². The van der Waals surface area contributed by atoms with Crippen LogP contribution in [0.4, 0.5) is 20.5 Å². The number of aromatic nitrogens is 4. The second kappa shape index (κ2) is 16.2. The molecule has 0 atom stereocenters. The van der Waals surface area contributed by atoms with Crippen LogP contribution < -0.4 is 20.7 Å². The Kier molecular flexibility index (Phi) is 11.6. The number of hydrogen-bond donors (Lipinski definition) is 4. The van der Waals surface area contributed by atoms with E-state index in [9.17, 15) is 14.3 Å². The minimum atomic E-state index is -1.11. The predicted molar refractivity (Wildman–Crippen MR) is 185 cm³/mol. The molecule has 0 saturated heterocycles. The van der Waals surface area contributed by atoms with Crippen LogP contribution in [0.2, 0.25) is 0 Å². The summed E-state index contributed by atoms with van der Waals surface area (Å²) in [7, 11) is 4.01. The zero-order valence-corrected chi connectivity index (χ0v) is 27.9. The maximum atomic E-state index is 14.6. The van der Waals surface area contributed by atoms with Crippen LogP contribution in [0.1, 0.15) is 38.6 Å². The number of para-hydroxylation sites is 1. The van der Waals surface area contributed by atoms with Gasteiger partial charge in [-0.25, -0.2) is 19.2 Å². The molecule has 14 heteroatoms. The number of nitrogens with one attached hydrogen (secondary N) is 3. The first-order chi connectivity index (χ1) is 22.7. The molecule has 5 aromatic rings. The molecule has 0 radical (unpaired) electrons. The van der Waals surface area contributed by atoms with E-state index in [1.807, 2.05) is 51.4 Å². The van der Waals surface area contributed by atoms with E-state index in [0.717, 1.165) is 34.0 Å². The first-order valence-electron chi connectivity index (χ1n) is 14.9. The van der Waals surface area contributed by atoms with Crippen LogP contribution in [0, 0.1) is 24.6 Å². The molecule has 11 nitrogen and oxygen atoms in total. The smallest absolute Gasteiger partial charge is 0.355 e. The molecular formula is C33H35FN8O3S2. The molecule has 3 aromatic heterocycles. The molecule has 0 aliphatic rings. The third-order valence-electron chi connectivity index (χ3n) is 6.79. The summed E-state index contributed by atoms with van der Waals surface area (Å²) in [4.78, 5) is 23.4. The molecule has 47 heavy (non-hydrogen) atoms. The number of benzene rings is 2. The van der Waals surface area contributed by atoms with Crippen molar-refractivity contribution in [3.63, 3.8) is 0 Å². The van der Waals surface area contributed by atoms with Gasteiger partial charge in [0.15, 0.2) is 33.3 Å². The molecule has 0 spiro atoms. The number of halogens is 1. The van der Waals surface area contributed by atoms with Crippen molar-refractivity contribution in [1.29, 1.82) is 0 Å². The van der Waals surface area contributed by atoms with Crippen LogP contribution in [0.5, 0.6) is 5.75 Å². The molecular weight excluding hydrogens is 640 g/mol. The summed E-state index contributed by atoms with van der Waals surface area (Å²) < 4.78 is 21.3. The molecule has 0 aliphatic carbocycles. The van der Waals surface area contributed by atoms with Gasteiger partial charge in [0, 0.05) is 23.5 Å². The largest absolute Gasteiger partial charge is 0.491 e. The third kappa shape index (κ3) is 9.66. The highest BCUT2D eigenvalue weighted by molar-refractivity contribution is 7.22. The summed E-state index contributed by atoms with van der Waals surface area (Å²) >= 11 is 2.80. The first-order valence-corrected chi connectivity index (χ1v) is 16.6. The van der Waals surface area contributed by atoms with Crippen molar-refractivity contribution < 1.29 is 19.0 Å². The van der Waals surface area contributed by atoms with Crippen molar-refractivity contribution in [3.05, 3.63) is 81.7 Å². The zero-order valence-electron chi connectivity index (χ0n) is 26.3. The molecule has 0 bridgehead atoms. The van der Waals surface area contributed by atoms with Gasteiger partial charge in [0.1, 0.15) is 0 Å². The number of carboxylic acid groups (broad SMARTS) is 1. The number of fused-ring (bicyclic) bond motifs is 1. The first kappa shape index (κ1) is 33.7. The minimum Gasteiger partial charge on any atom is -0.491 e. The fraction of sp³-hybridized carbons (Fsp3) is 0.303. The number of rotatable bonds is 15. The normalized spacial score (nSPS) is 11.0. The fourth-order valence-corrected chi connectivity index (χ4v) is 6.27. The average molecular weight is 675 g/mol. The maximum absolute atomic E-state index is 14.6. The van der Waals surface area contributed by atoms with Crippen LogP contribution in [-0.4, -0.2) is 76.5 Å². The monoisotopic (exact) mass is 674 g/mol. The molecule has 0 fully saturated rings. The number of carbonyl (C=O) groups is 1. The second-order valence-electron chi connectivity index (χ2n) is 10.8. The Morgan fingerprint density at radius 3 is 2.70 bits per heavy atom. The van der Waals surface area contributed by atoms with E-state index in [2.05, 4.69) is 52.9 Å². The quantitative estimate of drug-likeness (QED) is 0.0821. The molecule has 0 aliphatic heterocycles. The number of hydrogen-bond acceptors (Lipinski definition) is 12. The molecule has 4 N–H and O–H groups in total. The van der Waals surface area contributed by atoms with Crippen molar-refractivity contribution >= 4 is 54.9 Å². The average Bonchev–Trinajstić information content (AvgIpc) is 3.65. The topological polar surface area (TPSA) is 137 Å². The highest BCUT2D eigenvalue weighted by Crippen LogP contribution is 2.29. The van der Waals surface area contributed by atoms with Gasteiger partial charge in [-0.05, 0) is 75.8 Å². The lowest BCUT2D eigenvalue weighted by molar-refractivity contribution is 0.0690. The van der Waals surface area contributed by atoms with E-state index in [0.29, 0.717) is 53.0 Å². The number of thiazole rings is 2. The molecule has 0 unspecified atom stereocenters. The number of likely N-dealkylation sites (N-methyl/N-ethyl adjacent to an activating group) is 1. The minimum absolute atomic E-state index is 0.0135. The van der Waals surface area contributed by atoms with Crippen LogP contribution in [0.15, 0.2) is 48.5 Å². The highest BCUT2D eigenvalue weighted by atomic mass is 32.1. The Balaban J connectivity index is 1.10. The van der Waals surface area contributed by atoms with Crippen LogP contribution in [-0.2, 0) is 13.0 Å². The van der Waals surface area contributed by atoms with Gasteiger partial charge in [-0.1, -0.05) is 35.3 Å².